The Kier molecular flexibility index (Phi) is 3.34. The quantitative estimate of drug-likeness (QED) is 0.876. The highest BCUT2D eigenvalue weighted by atomic mass is 19.1. The highest BCUT2D eigenvalue weighted by Gasteiger charge is 2.21. The molecule has 1 nitrogen and oxygen atoms in total. The van der Waals surface area contributed by atoms with Crippen LogP contribution in [0.3, 0.4) is 0 Å². The predicted octanol–water partition coefficient (Wildman–Crippen LogP) is 3.91. The Labute approximate surface area is 113 Å². The normalized spacial score (nSPS) is 17.5. The number of fused-ring (bicyclic) bond motifs is 1. The Morgan fingerprint density at radius 2 is 2.05 bits per heavy atom. The third-order valence-corrected chi connectivity index (χ3v) is 3.88. The fraction of sp³-hybridized carbons (Fsp3) is 0.294. The van der Waals surface area contributed by atoms with Gasteiger partial charge in [0, 0.05) is 18.2 Å². The third kappa shape index (κ3) is 2.54. The van der Waals surface area contributed by atoms with E-state index in [9.17, 15) is 4.39 Å². The van der Waals surface area contributed by atoms with Crippen LogP contribution in [0.4, 0.5) is 4.39 Å². The molecule has 0 fully saturated rings. The molecule has 3 rings (SSSR count). The lowest BCUT2D eigenvalue weighted by atomic mass is 10.0. The monoisotopic (exact) mass is 255 g/mol. The summed E-state index contributed by atoms with van der Waals surface area (Å²) in [4.78, 5) is 0. The molecule has 0 saturated carbocycles. The molecule has 2 heteroatoms. The van der Waals surface area contributed by atoms with Crippen LogP contribution in [0.1, 0.15) is 34.7 Å². The van der Waals surface area contributed by atoms with Crippen molar-refractivity contribution in [2.24, 2.45) is 0 Å². The summed E-state index contributed by atoms with van der Waals surface area (Å²) < 4.78 is 13.6. The first-order valence-corrected chi connectivity index (χ1v) is 6.80. The Bertz CT molecular complexity index is 592. The van der Waals surface area contributed by atoms with Gasteiger partial charge in [0.15, 0.2) is 0 Å². The minimum absolute atomic E-state index is 0.127. The van der Waals surface area contributed by atoms with E-state index in [1.54, 1.807) is 6.07 Å². The maximum absolute atomic E-state index is 13.6. The van der Waals surface area contributed by atoms with Crippen molar-refractivity contribution >= 4 is 0 Å². The fourth-order valence-electron chi connectivity index (χ4n) is 2.81. The van der Waals surface area contributed by atoms with Crippen LogP contribution in [0, 0.1) is 12.7 Å². The summed E-state index contributed by atoms with van der Waals surface area (Å²) in [6.07, 6.45) is 2.22. The number of halogens is 1. The predicted molar refractivity (Wildman–Crippen MR) is 75.5 cm³/mol. The van der Waals surface area contributed by atoms with Crippen LogP contribution in [-0.2, 0) is 13.0 Å². The lowest BCUT2D eigenvalue weighted by Gasteiger charge is -2.15. The van der Waals surface area contributed by atoms with Crippen molar-refractivity contribution in [2.45, 2.75) is 32.4 Å². The average molecular weight is 255 g/mol. The van der Waals surface area contributed by atoms with Crippen LogP contribution in [-0.4, -0.2) is 0 Å². The van der Waals surface area contributed by atoms with Crippen molar-refractivity contribution in [1.82, 2.24) is 5.32 Å². The van der Waals surface area contributed by atoms with Gasteiger partial charge in [0.2, 0.25) is 0 Å². The maximum Gasteiger partial charge on any atom is 0.127 e. The second kappa shape index (κ2) is 5.14. The molecule has 0 aliphatic heterocycles. The highest BCUT2D eigenvalue weighted by molar-refractivity contribution is 5.37. The summed E-state index contributed by atoms with van der Waals surface area (Å²) in [6, 6.07) is 14.0. The molecule has 1 N–H and O–H groups in total. The first-order valence-electron chi connectivity index (χ1n) is 6.80. The first-order chi connectivity index (χ1) is 9.24. The van der Waals surface area contributed by atoms with E-state index < -0.39 is 0 Å². The van der Waals surface area contributed by atoms with Gasteiger partial charge in [-0.15, -0.1) is 0 Å². The second-order valence-corrected chi connectivity index (χ2v) is 5.27. The molecule has 2 aromatic carbocycles. The molecule has 1 atom stereocenters. The van der Waals surface area contributed by atoms with E-state index in [1.807, 2.05) is 12.1 Å². The SMILES string of the molecule is Cc1ccc2c(c1)C(NCc1ccccc1F)CC2. The standard InChI is InChI=1S/C17H18FN/c1-12-6-7-13-8-9-17(15(13)10-12)19-11-14-4-2-3-5-16(14)18/h2-7,10,17,19H,8-9,11H2,1H3. The minimum atomic E-state index is -0.127. The lowest BCUT2D eigenvalue weighted by Crippen LogP contribution is -2.19. The van der Waals surface area contributed by atoms with Crippen LogP contribution < -0.4 is 5.32 Å². The van der Waals surface area contributed by atoms with Crippen molar-refractivity contribution in [3.8, 4) is 0 Å². The molecule has 2 aromatic rings. The van der Waals surface area contributed by atoms with Gasteiger partial charge in [-0.25, -0.2) is 4.39 Å². The number of nitrogens with one attached hydrogen (secondary N) is 1. The summed E-state index contributed by atoms with van der Waals surface area (Å²) in [7, 11) is 0. The number of aryl methyl sites for hydroxylation is 2. The van der Waals surface area contributed by atoms with Gasteiger partial charge in [-0.1, -0.05) is 42.0 Å². The highest BCUT2D eigenvalue weighted by Crippen LogP contribution is 2.32. The number of rotatable bonds is 3. The van der Waals surface area contributed by atoms with Gasteiger partial charge in [0.25, 0.3) is 0 Å². The summed E-state index contributed by atoms with van der Waals surface area (Å²) in [5.74, 6) is -0.127. The van der Waals surface area contributed by atoms with E-state index in [-0.39, 0.29) is 5.82 Å². The van der Waals surface area contributed by atoms with Gasteiger partial charge in [-0.2, -0.15) is 0 Å². The number of hydrogen-bond donors (Lipinski definition) is 1. The fourth-order valence-corrected chi connectivity index (χ4v) is 2.81. The van der Waals surface area contributed by atoms with Crippen molar-refractivity contribution in [2.75, 3.05) is 0 Å². The zero-order valence-electron chi connectivity index (χ0n) is 11.1. The molecular weight excluding hydrogens is 237 g/mol. The van der Waals surface area contributed by atoms with Crippen LogP contribution in [0.25, 0.3) is 0 Å². The maximum atomic E-state index is 13.6. The molecule has 0 aromatic heterocycles. The summed E-state index contributed by atoms with van der Waals surface area (Å²) in [6.45, 7) is 2.71. The van der Waals surface area contributed by atoms with Crippen molar-refractivity contribution in [3.63, 3.8) is 0 Å². The van der Waals surface area contributed by atoms with Crippen molar-refractivity contribution in [3.05, 3.63) is 70.5 Å². The molecule has 1 aliphatic rings. The van der Waals surface area contributed by atoms with Crippen LogP contribution in [0.15, 0.2) is 42.5 Å². The molecule has 19 heavy (non-hydrogen) atoms. The van der Waals surface area contributed by atoms with E-state index in [1.165, 1.54) is 22.8 Å². The molecule has 1 unspecified atom stereocenters. The molecule has 0 saturated heterocycles. The van der Waals surface area contributed by atoms with Crippen LogP contribution in [0.5, 0.6) is 0 Å². The van der Waals surface area contributed by atoms with E-state index in [4.69, 9.17) is 0 Å². The van der Waals surface area contributed by atoms with Crippen LogP contribution in [0.2, 0.25) is 0 Å². The average Bonchev–Trinajstić information content (AvgIpc) is 2.80. The lowest BCUT2D eigenvalue weighted by molar-refractivity contribution is 0.513. The Hall–Kier alpha value is -1.67. The van der Waals surface area contributed by atoms with E-state index in [0.717, 1.165) is 18.4 Å². The van der Waals surface area contributed by atoms with Gasteiger partial charge < -0.3 is 5.32 Å². The summed E-state index contributed by atoms with van der Waals surface area (Å²) >= 11 is 0. The molecule has 0 spiro atoms. The summed E-state index contributed by atoms with van der Waals surface area (Å²) in [5.41, 5.74) is 4.84. The minimum Gasteiger partial charge on any atom is -0.306 e. The molecule has 0 amide bonds. The number of benzene rings is 2. The number of hydrogen-bond acceptors (Lipinski definition) is 1. The van der Waals surface area contributed by atoms with Gasteiger partial charge in [0.05, 0.1) is 0 Å². The van der Waals surface area contributed by atoms with Crippen molar-refractivity contribution in [1.29, 1.82) is 0 Å². The summed E-state index contributed by atoms with van der Waals surface area (Å²) in [5, 5.41) is 3.48. The van der Waals surface area contributed by atoms with Gasteiger partial charge in [0.1, 0.15) is 5.82 Å². The van der Waals surface area contributed by atoms with Gasteiger partial charge >= 0.3 is 0 Å². The first kappa shape index (κ1) is 12.4. The third-order valence-electron chi connectivity index (χ3n) is 3.88. The largest absolute Gasteiger partial charge is 0.306 e. The molecule has 98 valence electrons. The Morgan fingerprint density at radius 1 is 1.21 bits per heavy atom. The topological polar surface area (TPSA) is 12.0 Å². The van der Waals surface area contributed by atoms with Gasteiger partial charge in [-0.05, 0) is 37.0 Å². The van der Waals surface area contributed by atoms with E-state index in [2.05, 4.69) is 30.4 Å². The van der Waals surface area contributed by atoms with Crippen molar-refractivity contribution < 1.29 is 4.39 Å². The van der Waals surface area contributed by atoms with E-state index >= 15 is 0 Å². The molecule has 0 bridgehead atoms. The molecule has 0 radical (unpaired) electrons. The zero-order chi connectivity index (χ0) is 13.2. The van der Waals surface area contributed by atoms with E-state index in [0.29, 0.717) is 12.6 Å². The van der Waals surface area contributed by atoms with Crippen LogP contribution >= 0.6 is 0 Å². The Balaban J connectivity index is 1.73. The molecule has 0 heterocycles. The smallest absolute Gasteiger partial charge is 0.127 e. The Morgan fingerprint density at radius 3 is 2.89 bits per heavy atom. The second-order valence-electron chi connectivity index (χ2n) is 5.27. The zero-order valence-corrected chi connectivity index (χ0v) is 11.1. The van der Waals surface area contributed by atoms with Gasteiger partial charge in [-0.3, -0.25) is 0 Å². The molecule has 1 aliphatic carbocycles. The molecular formula is C17H18FN.